The molecule has 0 fully saturated rings. The standard InChI is InChI=1S/C17H28FN/c1-6-11-19-16(12-13(2)3)17(4,5)14-7-9-15(18)10-8-14/h7-10,13,16,19H,6,11-12H2,1-5H3. The van der Waals surface area contributed by atoms with E-state index >= 15 is 0 Å². The van der Waals surface area contributed by atoms with Gasteiger partial charge in [0.1, 0.15) is 5.82 Å². The van der Waals surface area contributed by atoms with Gasteiger partial charge in [-0.25, -0.2) is 4.39 Å². The van der Waals surface area contributed by atoms with E-state index in [-0.39, 0.29) is 11.2 Å². The van der Waals surface area contributed by atoms with Gasteiger partial charge >= 0.3 is 0 Å². The first-order valence-electron chi connectivity index (χ1n) is 7.37. The predicted molar refractivity (Wildman–Crippen MR) is 81.0 cm³/mol. The van der Waals surface area contributed by atoms with Crippen LogP contribution in [0.5, 0.6) is 0 Å². The summed E-state index contributed by atoms with van der Waals surface area (Å²) in [7, 11) is 0. The Bertz CT molecular complexity index is 367. The van der Waals surface area contributed by atoms with Crippen molar-refractivity contribution in [1.29, 1.82) is 0 Å². The molecule has 0 aromatic heterocycles. The van der Waals surface area contributed by atoms with Crippen molar-refractivity contribution in [2.45, 2.75) is 58.9 Å². The van der Waals surface area contributed by atoms with Crippen LogP contribution in [0.3, 0.4) is 0 Å². The quantitative estimate of drug-likeness (QED) is 0.764. The van der Waals surface area contributed by atoms with Crippen LogP contribution in [-0.4, -0.2) is 12.6 Å². The number of benzene rings is 1. The maximum Gasteiger partial charge on any atom is 0.123 e. The van der Waals surface area contributed by atoms with Gasteiger partial charge in [0.15, 0.2) is 0 Å². The van der Waals surface area contributed by atoms with Gasteiger partial charge in [-0.2, -0.15) is 0 Å². The van der Waals surface area contributed by atoms with Gasteiger partial charge < -0.3 is 5.32 Å². The molecule has 1 unspecified atom stereocenters. The van der Waals surface area contributed by atoms with E-state index in [0.29, 0.717) is 12.0 Å². The third-order valence-corrected chi connectivity index (χ3v) is 3.81. The molecule has 19 heavy (non-hydrogen) atoms. The molecule has 0 radical (unpaired) electrons. The first kappa shape index (κ1) is 16.2. The maximum atomic E-state index is 13.1. The largest absolute Gasteiger partial charge is 0.313 e. The van der Waals surface area contributed by atoms with Gasteiger partial charge in [-0.05, 0) is 43.0 Å². The minimum Gasteiger partial charge on any atom is -0.313 e. The summed E-state index contributed by atoms with van der Waals surface area (Å²) in [4.78, 5) is 0. The van der Waals surface area contributed by atoms with Crippen LogP contribution >= 0.6 is 0 Å². The van der Waals surface area contributed by atoms with Crippen molar-refractivity contribution < 1.29 is 4.39 Å². The topological polar surface area (TPSA) is 12.0 Å². The molecule has 1 aromatic rings. The molecule has 0 amide bonds. The van der Waals surface area contributed by atoms with Gasteiger partial charge in [0.25, 0.3) is 0 Å². The molecule has 1 aromatic carbocycles. The molecule has 2 heteroatoms. The smallest absolute Gasteiger partial charge is 0.123 e. The van der Waals surface area contributed by atoms with E-state index in [2.05, 4.69) is 39.9 Å². The zero-order chi connectivity index (χ0) is 14.5. The SMILES string of the molecule is CCCNC(CC(C)C)C(C)(C)c1ccc(F)cc1. The van der Waals surface area contributed by atoms with Crippen molar-refractivity contribution in [3.05, 3.63) is 35.6 Å². The second-order valence-electron chi connectivity index (χ2n) is 6.36. The molecule has 0 aliphatic carbocycles. The van der Waals surface area contributed by atoms with Crippen molar-refractivity contribution in [3.8, 4) is 0 Å². The summed E-state index contributed by atoms with van der Waals surface area (Å²) in [5.41, 5.74) is 1.20. The zero-order valence-corrected chi connectivity index (χ0v) is 13.0. The highest BCUT2D eigenvalue weighted by molar-refractivity contribution is 5.26. The summed E-state index contributed by atoms with van der Waals surface area (Å²) in [6, 6.07) is 7.36. The Kier molecular flexibility index (Phi) is 5.99. The first-order valence-corrected chi connectivity index (χ1v) is 7.37. The van der Waals surface area contributed by atoms with Gasteiger partial charge in [-0.1, -0.05) is 46.8 Å². The van der Waals surface area contributed by atoms with Gasteiger partial charge in [0.2, 0.25) is 0 Å². The summed E-state index contributed by atoms with van der Waals surface area (Å²) in [6.07, 6.45) is 2.26. The van der Waals surface area contributed by atoms with E-state index in [1.807, 2.05) is 12.1 Å². The Morgan fingerprint density at radius 3 is 2.21 bits per heavy atom. The first-order chi connectivity index (χ1) is 8.87. The molecule has 1 atom stereocenters. The third-order valence-electron chi connectivity index (χ3n) is 3.81. The molecule has 0 saturated carbocycles. The number of hydrogen-bond donors (Lipinski definition) is 1. The fraction of sp³-hybridized carbons (Fsp3) is 0.647. The number of hydrogen-bond acceptors (Lipinski definition) is 1. The van der Waals surface area contributed by atoms with Crippen molar-refractivity contribution in [2.24, 2.45) is 5.92 Å². The lowest BCUT2D eigenvalue weighted by molar-refractivity contribution is 0.293. The van der Waals surface area contributed by atoms with E-state index in [0.717, 1.165) is 19.4 Å². The summed E-state index contributed by atoms with van der Waals surface area (Å²) >= 11 is 0. The summed E-state index contributed by atoms with van der Waals surface area (Å²) < 4.78 is 13.1. The van der Waals surface area contributed by atoms with Crippen molar-refractivity contribution >= 4 is 0 Å². The molecular formula is C17H28FN. The Morgan fingerprint density at radius 1 is 1.16 bits per heavy atom. The Hall–Kier alpha value is -0.890. The third kappa shape index (κ3) is 4.61. The molecule has 0 aliphatic rings. The van der Waals surface area contributed by atoms with E-state index in [9.17, 15) is 4.39 Å². The molecule has 1 rings (SSSR count). The lowest BCUT2D eigenvalue weighted by atomic mass is 9.74. The van der Waals surface area contributed by atoms with Crippen LogP contribution < -0.4 is 5.32 Å². The van der Waals surface area contributed by atoms with Gasteiger partial charge in [0, 0.05) is 11.5 Å². The fourth-order valence-corrected chi connectivity index (χ4v) is 2.50. The monoisotopic (exact) mass is 265 g/mol. The average Bonchev–Trinajstić information content (AvgIpc) is 2.34. The lowest BCUT2D eigenvalue weighted by Gasteiger charge is -2.37. The van der Waals surface area contributed by atoms with Gasteiger partial charge in [-0.3, -0.25) is 0 Å². The molecule has 0 heterocycles. The molecule has 0 saturated heterocycles. The second-order valence-corrected chi connectivity index (χ2v) is 6.36. The van der Waals surface area contributed by atoms with Crippen LogP contribution in [0.4, 0.5) is 4.39 Å². The molecule has 0 bridgehead atoms. The minimum absolute atomic E-state index is 0.00708. The van der Waals surface area contributed by atoms with Crippen molar-refractivity contribution in [1.82, 2.24) is 5.32 Å². The molecule has 108 valence electrons. The van der Waals surface area contributed by atoms with E-state index in [4.69, 9.17) is 0 Å². The summed E-state index contributed by atoms with van der Waals surface area (Å²) in [5.74, 6) is 0.482. The molecule has 0 spiro atoms. The van der Waals surface area contributed by atoms with Crippen LogP contribution in [0, 0.1) is 11.7 Å². The molecule has 0 aliphatic heterocycles. The average molecular weight is 265 g/mol. The fourth-order valence-electron chi connectivity index (χ4n) is 2.50. The van der Waals surface area contributed by atoms with Crippen LogP contribution in [-0.2, 0) is 5.41 Å². The summed E-state index contributed by atoms with van der Waals surface area (Å²) in [5, 5.41) is 3.66. The highest BCUT2D eigenvalue weighted by Gasteiger charge is 2.31. The zero-order valence-electron chi connectivity index (χ0n) is 13.0. The van der Waals surface area contributed by atoms with Gasteiger partial charge in [-0.15, -0.1) is 0 Å². The normalized spacial score (nSPS) is 13.8. The molecule has 1 nitrogen and oxygen atoms in total. The highest BCUT2D eigenvalue weighted by Crippen LogP contribution is 2.30. The second kappa shape index (κ2) is 7.04. The van der Waals surface area contributed by atoms with Crippen LogP contribution in [0.1, 0.15) is 53.0 Å². The number of rotatable bonds is 7. The van der Waals surface area contributed by atoms with Crippen LogP contribution in [0.2, 0.25) is 0 Å². The van der Waals surface area contributed by atoms with Crippen molar-refractivity contribution in [2.75, 3.05) is 6.54 Å². The van der Waals surface area contributed by atoms with Crippen LogP contribution in [0.15, 0.2) is 24.3 Å². The lowest BCUT2D eigenvalue weighted by Crippen LogP contribution is -2.46. The van der Waals surface area contributed by atoms with E-state index in [1.165, 1.54) is 5.56 Å². The highest BCUT2D eigenvalue weighted by atomic mass is 19.1. The minimum atomic E-state index is -0.165. The number of halogens is 1. The molecule has 1 N–H and O–H groups in total. The van der Waals surface area contributed by atoms with E-state index in [1.54, 1.807) is 12.1 Å². The predicted octanol–water partition coefficient (Wildman–Crippen LogP) is 4.52. The maximum absolute atomic E-state index is 13.1. The van der Waals surface area contributed by atoms with Gasteiger partial charge in [0.05, 0.1) is 0 Å². The van der Waals surface area contributed by atoms with Crippen LogP contribution in [0.25, 0.3) is 0 Å². The Labute approximate surface area is 117 Å². The van der Waals surface area contributed by atoms with E-state index < -0.39 is 0 Å². The Morgan fingerprint density at radius 2 is 1.74 bits per heavy atom. The van der Waals surface area contributed by atoms with Crippen molar-refractivity contribution in [3.63, 3.8) is 0 Å². The molecular weight excluding hydrogens is 237 g/mol. The number of nitrogens with one attached hydrogen (secondary N) is 1. The Balaban J connectivity index is 2.92. The summed E-state index contributed by atoms with van der Waals surface area (Å²) in [6.45, 7) is 12.2.